The number of aryl methyl sites for hydroxylation is 2. The minimum Gasteiger partial charge on any atom is -0.454 e. The maximum absolute atomic E-state index is 11.8. The van der Waals surface area contributed by atoms with Crippen molar-refractivity contribution in [3.8, 4) is 0 Å². The molecule has 0 bridgehead atoms. The second-order valence-electron chi connectivity index (χ2n) is 4.92. The number of amides is 1. The van der Waals surface area contributed by atoms with Crippen LogP contribution in [0.4, 0.5) is 5.69 Å². The molecule has 1 heterocycles. The molecular weight excluding hydrogens is 340 g/mol. The lowest BCUT2D eigenvalue weighted by Crippen LogP contribution is -2.26. The van der Waals surface area contributed by atoms with Crippen LogP contribution < -0.4 is 10.2 Å². The molecule has 23 heavy (non-hydrogen) atoms. The summed E-state index contributed by atoms with van der Waals surface area (Å²) in [6, 6.07) is 5.19. The molecule has 0 aliphatic carbocycles. The van der Waals surface area contributed by atoms with E-state index in [1.807, 2.05) is 6.92 Å². The number of aromatic nitrogens is 1. The SMILES string of the molecule is Cc1ccc(NC(=O)COC(=O)Cn2c(C)csc2=O)c(Cl)c1. The standard InChI is InChI=1S/C15H15ClN2O4S/c1-9-3-4-12(11(16)5-9)17-13(19)7-22-14(20)6-18-10(2)8-23-15(18)21/h3-5,8H,6-7H2,1-2H3,(H,17,19). The summed E-state index contributed by atoms with van der Waals surface area (Å²) in [6.07, 6.45) is 0. The fourth-order valence-corrected chi connectivity index (χ4v) is 2.84. The number of carbonyl (C=O) groups is 2. The van der Waals surface area contributed by atoms with Gasteiger partial charge in [0.05, 0.1) is 10.7 Å². The molecule has 0 spiro atoms. The third-order valence-corrected chi connectivity index (χ3v) is 4.22. The monoisotopic (exact) mass is 354 g/mol. The number of benzene rings is 1. The van der Waals surface area contributed by atoms with Crippen LogP contribution in [0.3, 0.4) is 0 Å². The summed E-state index contributed by atoms with van der Waals surface area (Å²) in [5.74, 6) is -1.16. The van der Waals surface area contributed by atoms with Crippen LogP contribution in [0.2, 0.25) is 5.02 Å². The highest BCUT2D eigenvalue weighted by atomic mass is 35.5. The Morgan fingerprint density at radius 1 is 1.35 bits per heavy atom. The molecule has 0 aliphatic rings. The number of anilines is 1. The van der Waals surface area contributed by atoms with Gasteiger partial charge in [-0.2, -0.15) is 0 Å². The topological polar surface area (TPSA) is 77.4 Å². The predicted molar refractivity (Wildman–Crippen MR) is 89.1 cm³/mol. The number of ether oxygens (including phenoxy) is 1. The van der Waals surface area contributed by atoms with E-state index in [9.17, 15) is 14.4 Å². The first-order chi connectivity index (χ1) is 10.9. The summed E-state index contributed by atoms with van der Waals surface area (Å²) >= 11 is 7.01. The van der Waals surface area contributed by atoms with Gasteiger partial charge >= 0.3 is 10.8 Å². The fourth-order valence-electron chi connectivity index (χ4n) is 1.82. The van der Waals surface area contributed by atoms with E-state index in [4.69, 9.17) is 16.3 Å². The van der Waals surface area contributed by atoms with Crippen molar-refractivity contribution < 1.29 is 14.3 Å². The number of halogens is 1. The Bertz CT molecular complexity index is 797. The highest BCUT2D eigenvalue weighted by Gasteiger charge is 2.12. The van der Waals surface area contributed by atoms with Crippen LogP contribution in [0, 0.1) is 13.8 Å². The van der Waals surface area contributed by atoms with Gasteiger partial charge in [-0.3, -0.25) is 19.0 Å². The quantitative estimate of drug-likeness (QED) is 0.836. The van der Waals surface area contributed by atoms with Gasteiger partial charge in [0, 0.05) is 11.1 Å². The molecule has 0 radical (unpaired) electrons. The van der Waals surface area contributed by atoms with E-state index < -0.39 is 18.5 Å². The summed E-state index contributed by atoms with van der Waals surface area (Å²) in [6.45, 7) is 2.94. The molecule has 0 saturated heterocycles. The second kappa shape index (κ2) is 7.43. The van der Waals surface area contributed by atoms with Crippen molar-refractivity contribution in [1.29, 1.82) is 0 Å². The number of thiazole rings is 1. The zero-order valence-electron chi connectivity index (χ0n) is 12.6. The van der Waals surface area contributed by atoms with Gasteiger partial charge < -0.3 is 10.1 Å². The maximum atomic E-state index is 11.8. The minimum atomic E-state index is -0.654. The third-order valence-electron chi connectivity index (χ3n) is 3.03. The zero-order valence-corrected chi connectivity index (χ0v) is 14.2. The van der Waals surface area contributed by atoms with E-state index in [2.05, 4.69) is 5.32 Å². The van der Waals surface area contributed by atoms with Gasteiger partial charge in [-0.15, -0.1) is 0 Å². The normalized spacial score (nSPS) is 10.4. The van der Waals surface area contributed by atoms with Gasteiger partial charge in [-0.1, -0.05) is 29.0 Å². The molecule has 0 atom stereocenters. The lowest BCUT2D eigenvalue weighted by molar-refractivity contribution is -0.147. The first-order valence-corrected chi connectivity index (χ1v) is 7.99. The second-order valence-corrected chi connectivity index (χ2v) is 6.15. The number of carbonyl (C=O) groups excluding carboxylic acids is 2. The zero-order chi connectivity index (χ0) is 17.0. The molecule has 0 aliphatic heterocycles. The minimum absolute atomic E-state index is 0.216. The van der Waals surface area contributed by atoms with Crippen LogP contribution >= 0.6 is 22.9 Å². The van der Waals surface area contributed by atoms with Gasteiger partial charge in [0.2, 0.25) is 0 Å². The first-order valence-electron chi connectivity index (χ1n) is 6.73. The summed E-state index contributed by atoms with van der Waals surface area (Å²) in [7, 11) is 0. The summed E-state index contributed by atoms with van der Waals surface area (Å²) in [5, 5.41) is 4.62. The molecule has 1 amide bonds. The summed E-state index contributed by atoms with van der Waals surface area (Å²) < 4.78 is 6.17. The summed E-state index contributed by atoms with van der Waals surface area (Å²) in [4.78, 5) is 34.7. The largest absolute Gasteiger partial charge is 0.454 e. The van der Waals surface area contributed by atoms with E-state index in [0.717, 1.165) is 16.9 Å². The Labute approximate surface area is 141 Å². The number of hydrogen-bond acceptors (Lipinski definition) is 5. The number of hydrogen-bond donors (Lipinski definition) is 1. The predicted octanol–water partition coefficient (Wildman–Crippen LogP) is 2.36. The molecular formula is C15H15ClN2O4S. The molecule has 0 unspecified atom stereocenters. The lowest BCUT2D eigenvalue weighted by Gasteiger charge is -2.09. The molecule has 1 aromatic carbocycles. The van der Waals surface area contributed by atoms with Crippen LogP contribution in [-0.4, -0.2) is 23.1 Å². The van der Waals surface area contributed by atoms with Gasteiger partial charge in [-0.05, 0) is 31.5 Å². The molecule has 0 saturated carbocycles. The highest BCUT2D eigenvalue weighted by molar-refractivity contribution is 7.07. The van der Waals surface area contributed by atoms with Crippen molar-refractivity contribution >= 4 is 40.5 Å². The van der Waals surface area contributed by atoms with Crippen molar-refractivity contribution in [3.63, 3.8) is 0 Å². The number of esters is 1. The Kier molecular flexibility index (Phi) is 5.57. The van der Waals surface area contributed by atoms with Crippen molar-refractivity contribution in [2.45, 2.75) is 20.4 Å². The van der Waals surface area contributed by atoms with Crippen LogP contribution in [-0.2, 0) is 20.9 Å². The molecule has 122 valence electrons. The number of nitrogens with one attached hydrogen (secondary N) is 1. The molecule has 8 heteroatoms. The Morgan fingerprint density at radius 3 is 2.70 bits per heavy atom. The van der Waals surface area contributed by atoms with Crippen LogP contribution in [0.15, 0.2) is 28.4 Å². The van der Waals surface area contributed by atoms with E-state index in [1.165, 1.54) is 4.57 Å². The third kappa shape index (κ3) is 4.67. The van der Waals surface area contributed by atoms with E-state index in [1.54, 1.807) is 30.5 Å². The van der Waals surface area contributed by atoms with Gasteiger partial charge in [0.1, 0.15) is 6.54 Å². The van der Waals surface area contributed by atoms with Crippen molar-refractivity contribution in [2.75, 3.05) is 11.9 Å². The van der Waals surface area contributed by atoms with Gasteiger partial charge in [0.15, 0.2) is 6.61 Å². The molecule has 6 nitrogen and oxygen atoms in total. The highest BCUT2D eigenvalue weighted by Crippen LogP contribution is 2.22. The van der Waals surface area contributed by atoms with E-state index in [-0.39, 0.29) is 11.4 Å². The van der Waals surface area contributed by atoms with E-state index >= 15 is 0 Å². The summed E-state index contributed by atoms with van der Waals surface area (Å²) in [5.41, 5.74) is 2.09. The average molecular weight is 355 g/mol. The Hall–Kier alpha value is -2.12. The van der Waals surface area contributed by atoms with Crippen LogP contribution in [0.5, 0.6) is 0 Å². The number of rotatable bonds is 5. The maximum Gasteiger partial charge on any atom is 0.326 e. The smallest absolute Gasteiger partial charge is 0.326 e. The molecule has 1 aromatic heterocycles. The van der Waals surface area contributed by atoms with Gasteiger partial charge in [-0.25, -0.2) is 0 Å². The Balaban J connectivity index is 1.86. The van der Waals surface area contributed by atoms with Crippen LogP contribution in [0.25, 0.3) is 0 Å². The van der Waals surface area contributed by atoms with E-state index in [0.29, 0.717) is 16.4 Å². The van der Waals surface area contributed by atoms with Crippen LogP contribution in [0.1, 0.15) is 11.3 Å². The fraction of sp³-hybridized carbons (Fsp3) is 0.267. The van der Waals surface area contributed by atoms with Crippen molar-refractivity contribution in [1.82, 2.24) is 4.57 Å². The van der Waals surface area contributed by atoms with Crippen molar-refractivity contribution in [2.24, 2.45) is 0 Å². The Morgan fingerprint density at radius 2 is 2.09 bits per heavy atom. The molecule has 2 aromatic rings. The van der Waals surface area contributed by atoms with Gasteiger partial charge in [0.25, 0.3) is 5.91 Å². The molecule has 0 fully saturated rings. The first kappa shape index (κ1) is 17.2. The average Bonchev–Trinajstić information content (AvgIpc) is 2.80. The lowest BCUT2D eigenvalue weighted by atomic mass is 10.2. The molecule has 1 N–H and O–H groups in total. The molecule has 2 rings (SSSR count). The number of nitrogens with zero attached hydrogens (tertiary/aromatic N) is 1. The van der Waals surface area contributed by atoms with Crippen molar-refractivity contribution in [3.05, 3.63) is 49.5 Å².